The number of rotatable bonds is 3. The molecule has 0 spiro atoms. The summed E-state index contributed by atoms with van der Waals surface area (Å²) in [7, 11) is 1.43. The zero-order valence-corrected chi connectivity index (χ0v) is 17.8. The van der Waals surface area contributed by atoms with Crippen molar-refractivity contribution in [1.82, 2.24) is 4.57 Å². The quantitative estimate of drug-likeness (QED) is 0.638. The Kier molecular flexibility index (Phi) is 5.88. The number of phenols is 1. The monoisotopic (exact) mass is 467 g/mol. The van der Waals surface area contributed by atoms with Gasteiger partial charge in [-0.1, -0.05) is 18.2 Å². The molecule has 0 saturated heterocycles. The number of thiazole rings is 1. The highest BCUT2D eigenvalue weighted by Gasteiger charge is 2.13. The van der Waals surface area contributed by atoms with Gasteiger partial charge in [0, 0.05) is 0 Å². The van der Waals surface area contributed by atoms with Crippen LogP contribution in [-0.4, -0.2) is 16.8 Å². The predicted molar refractivity (Wildman–Crippen MR) is 114 cm³/mol. The number of methoxy groups -OCH3 is 1. The molecule has 1 heterocycles. The fourth-order valence-corrected chi connectivity index (χ4v) is 4.30. The Hall–Kier alpha value is -3.33. The second-order valence-corrected chi connectivity index (χ2v) is 7.88. The van der Waals surface area contributed by atoms with Gasteiger partial charge in [-0.3, -0.25) is 9.36 Å². The van der Waals surface area contributed by atoms with E-state index in [9.17, 15) is 20.4 Å². The molecule has 0 aliphatic heterocycles. The molecule has 3 aromatic rings. The van der Waals surface area contributed by atoms with Crippen LogP contribution in [0, 0.1) is 29.6 Å². The number of aryl methyl sites for hydroxylation is 1. The number of halogens is 1. The first-order chi connectivity index (χ1) is 13.9. The molecule has 3 rings (SSSR count). The van der Waals surface area contributed by atoms with Crippen molar-refractivity contribution in [1.29, 1.82) is 10.5 Å². The molecule has 2 aromatic carbocycles. The summed E-state index contributed by atoms with van der Waals surface area (Å²) >= 11 is 4.32. The normalized spacial score (nSPS) is 11.0. The molecule has 0 amide bonds. The first-order valence-electron chi connectivity index (χ1n) is 8.31. The molecule has 29 heavy (non-hydrogen) atoms. The molecule has 6 nitrogen and oxygen atoms in total. The third-order valence-corrected chi connectivity index (χ3v) is 5.88. The van der Waals surface area contributed by atoms with E-state index in [1.165, 1.54) is 11.7 Å². The molecule has 0 radical (unpaired) electrons. The standard InChI is InChI=1S/C21H14BrN3O3S/c1-12-5-3-4-6-16(12)25-20(27)18(29-21(25)14(10-23)11-24)9-13-7-15(22)19(26)17(8-13)28-2/h3-9,26H,1-2H3. The van der Waals surface area contributed by atoms with Gasteiger partial charge in [-0.25, -0.2) is 0 Å². The van der Waals surface area contributed by atoms with E-state index in [0.29, 0.717) is 20.3 Å². The van der Waals surface area contributed by atoms with E-state index < -0.39 is 0 Å². The van der Waals surface area contributed by atoms with Crippen LogP contribution in [0.2, 0.25) is 0 Å². The molecule has 0 unspecified atom stereocenters. The van der Waals surface area contributed by atoms with Crippen LogP contribution in [0.15, 0.2) is 45.7 Å². The van der Waals surface area contributed by atoms with Gasteiger partial charge in [0.15, 0.2) is 17.1 Å². The summed E-state index contributed by atoms with van der Waals surface area (Å²) in [5, 5.41) is 28.7. The zero-order chi connectivity index (χ0) is 21.1. The van der Waals surface area contributed by atoms with Gasteiger partial charge in [-0.05, 0) is 58.3 Å². The third kappa shape index (κ3) is 3.81. The minimum Gasteiger partial charge on any atom is -0.503 e. The zero-order valence-electron chi connectivity index (χ0n) is 15.4. The molecule has 0 aliphatic carbocycles. The molecular formula is C21H14BrN3O3S. The molecule has 0 aliphatic rings. The van der Waals surface area contributed by atoms with Gasteiger partial charge in [-0.2, -0.15) is 10.5 Å². The van der Waals surface area contributed by atoms with Crippen molar-refractivity contribution >= 4 is 38.9 Å². The number of benzene rings is 2. The Morgan fingerprint density at radius 3 is 2.59 bits per heavy atom. The van der Waals surface area contributed by atoms with Crippen molar-refractivity contribution in [2.24, 2.45) is 0 Å². The van der Waals surface area contributed by atoms with E-state index >= 15 is 0 Å². The maximum atomic E-state index is 13.2. The molecular weight excluding hydrogens is 454 g/mol. The lowest BCUT2D eigenvalue weighted by molar-refractivity contribution is 0.372. The fraction of sp³-hybridized carbons (Fsp3) is 0.0952. The molecule has 144 valence electrons. The number of nitrogens with zero attached hydrogens (tertiary/aromatic N) is 3. The first-order valence-corrected chi connectivity index (χ1v) is 9.92. The lowest BCUT2D eigenvalue weighted by atomic mass is 10.2. The van der Waals surface area contributed by atoms with Gasteiger partial charge >= 0.3 is 0 Å². The van der Waals surface area contributed by atoms with Crippen LogP contribution in [-0.2, 0) is 0 Å². The van der Waals surface area contributed by atoms with Crippen molar-refractivity contribution < 1.29 is 9.84 Å². The van der Waals surface area contributed by atoms with Crippen LogP contribution in [0.25, 0.3) is 17.3 Å². The second-order valence-electron chi connectivity index (χ2n) is 6.00. The largest absolute Gasteiger partial charge is 0.503 e. The van der Waals surface area contributed by atoms with E-state index in [2.05, 4.69) is 15.9 Å². The third-order valence-electron chi connectivity index (χ3n) is 4.19. The highest BCUT2D eigenvalue weighted by Crippen LogP contribution is 2.35. The van der Waals surface area contributed by atoms with Gasteiger partial charge in [0.1, 0.15) is 16.8 Å². The van der Waals surface area contributed by atoms with Gasteiger partial charge in [0.05, 0.1) is 21.8 Å². The van der Waals surface area contributed by atoms with Crippen molar-refractivity contribution in [2.75, 3.05) is 7.11 Å². The summed E-state index contributed by atoms with van der Waals surface area (Å²) in [6.07, 6.45) is 1.63. The van der Waals surface area contributed by atoms with Crippen LogP contribution in [0.3, 0.4) is 0 Å². The van der Waals surface area contributed by atoms with E-state index in [-0.39, 0.29) is 27.3 Å². The number of nitriles is 2. The summed E-state index contributed by atoms with van der Waals surface area (Å²) in [6.45, 7) is 1.85. The average molecular weight is 468 g/mol. The maximum Gasteiger partial charge on any atom is 0.273 e. The Morgan fingerprint density at radius 1 is 1.28 bits per heavy atom. The summed E-state index contributed by atoms with van der Waals surface area (Å²) in [6, 6.07) is 14.2. The van der Waals surface area contributed by atoms with Crippen molar-refractivity contribution in [2.45, 2.75) is 6.92 Å². The average Bonchev–Trinajstić information content (AvgIpc) is 3.02. The van der Waals surface area contributed by atoms with Crippen molar-refractivity contribution in [3.63, 3.8) is 0 Å². The number of para-hydroxylation sites is 1. The fourth-order valence-electron chi connectivity index (χ4n) is 2.79. The van der Waals surface area contributed by atoms with Gasteiger partial charge in [0.2, 0.25) is 0 Å². The first kappa shape index (κ1) is 20.4. The summed E-state index contributed by atoms with van der Waals surface area (Å²) in [5.74, 6) is 0.210. The molecule has 0 bridgehead atoms. The van der Waals surface area contributed by atoms with Gasteiger partial charge < -0.3 is 9.84 Å². The summed E-state index contributed by atoms with van der Waals surface area (Å²) < 4.78 is 7.57. The van der Waals surface area contributed by atoms with Crippen LogP contribution in [0.1, 0.15) is 11.1 Å². The molecule has 0 fully saturated rings. The minimum atomic E-state index is -0.342. The second kappa shape index (κ2) is 8.36. The van der Waals surface area contributed by atoms with Crippen LogP contribution in [0.5, 0.6) is 11.5 Å². The number of ether oxygens (including phenoxy) is 1. The molecule has 0 saturated carbocycles. The lowest BCUT2D eigenvalue weighted by Gasteiger charge is -2.06. The molecule has 1 N–H and O–H groups in total. The Balaban J connectivity index is 2.41. The van der Waals surface area contributed by atoms with Crippen LogP contribution < -0.4 is 19.5 Å². The summed E-state index contributed by atoms with van der Waals surface area (Å²) in [4.78, 5) is 13.2. The lowest BCUT2D eigenvalue weighted by Crippen LogP contribution is -2.31. The number of aromatic hydroxyl groups is 1. The van der Waals surface area contributed by atoms with Crippen LogP contribution in [0.4, 0.5) is 0 Å². The van der Waals surface area contributed by atoms with E-state index in [1.807, 2.05) is 31.2 Å². The Labute approximate surface area is 178 Å². The predicted octanol–water partition coefficient (Wildman–Crippen LogP) is 2.71. The highest BCUT2D eigenvalue weighted by atomic mass is 79.9. The van der Waals surface area contributed by atoms with Crippen molar-refractivity contribution in [3.05, 3.63) is 71.5 Å². The maximum absolute atomic E-state index is 13.2. The van der Waals surface area contributed by atoms with E-state index in [4.69, 9.17) is 4.74 Å². The summed E-state index contributed by atoms with van der Waals surface area (Å²) in [5.41, 5.74) is 1.58. The Bertz CT molecular complexity index is 1360. The molecule has 0 atom stereocenters. The number of phenolic OH excluding ortho intramolecular Hbond substituents is 1. The highest BCUT2D eigenvalue weighted by molar-refractivity contribution is 9.10. The van der Waals surface area contributed by atoms with Crippen molar-refractivity contribution in [3.8, 4) is 29.3 Å². The topological polar surface area (TPSA) is 99.0 Å². The van der Waals surface area contributed by atoms with Gasteiger partial charge in [0.25, 0.3) is 5.56 Å². The molecule has 8 heteroatoms. The number of hydrogen-bond acceptors (Lipinski definition) is 6. The molecule has 1 aromatic heterocycles. The van der Waals surface area contributed by atoms with Crippen LogP contribution >= 0.6 is 27.3 Å². The van der Waals surface area contributed by atoms with E-state index in [1.54, 1.807) is 30.3 Å². The number of aromatic nitrogens is 1. The number of hydrogen-bond donors (Lipinski definition) is 1. The smallest absolute Gasteiger partial charge is 0.273 e. The Morgan fingerprint density at radius 2 is 1.97 bits per heavy atom. The minimum absolute atomic E-state index is 0.0431. The SMILES string of the molecule is COc1cc(C=c2sc(=C(C#N)C#N)n(-c3ccccc3C)c2=O)cc(Br)c1O. The van der Waals surface area contributed by atoms with Gasteiger partial charge in [-0.15, -0.1) is 11.3 Å². The van der Waals surface area contributed by atoms with E-state index in [0.717, 1.165) is 16.9 Å².